The second-order valence-corrected chi connectivity index (χ2v) is 3.44. The van der Waals surface area contributed by atoms with E-state index in [0.29, 0.717) is 19.3 Å². The average molecular weight is 193 g/mol. The number of hydrogen-bond donors (Lipinski definition) is 1. The quantitative estimate of drug-likeness (QED) is 0.750. The van der Waals surface area contributed by atoms with Gasteiger partial charge in [0.2, 0.25) is 0 Å². The molecule has 0 aliphatic rings. The van der Waals surface area contributed by atoms with Crippen molar-refractivity contribution >= 4 is 11.6 Å². The third kappa shape index (κ3) is 4.03. The van der Waals surface area contributed by atoms with E-state index in [1.807, 2.05) is 18.3 Å². The number of aromatic nitrogens is 1. The van der Waals surface area contributed by atoms with Crippen LogP contribution >= 0.6 is 0 Å². The van der Waals surface area contributed by atoms with E-state index in [1.165, 1.54) is 6.92 Å². The van der Waals surface area contributed by atoms with Gasteiger partial charge in [-0.3, -0.25) is 4.79 Å². The van der Waals surface area contributed by atoms with Crippen LogP contribution < -0.4 is 0 Å². The zero-order chi connectivity index (χ0) is 10.4. The third-order valence-electron chi connectivity index (χ3n) is 2.09. The highest BCUT2D eigenvalue weighted by Crippen LogP contribution is 2.03. The standard InChI is InChI=1S/C11H15NO2/c1-9(13)4-6-11(14)7-5-10-3-2-8-12-10/h2-3,8,12H,4-7H2,1H3. The van der Waals surface area contributed by atoms with Crippen LogP contribution in [0.5, 0.6) is 0 Å². The molecule has 0 aliphatic heterocycles. The van der Waals surface area contributed by atoms with Gasteiger partial charge in [-0.05, 0) is 25.5 Å². The van der Waals surface area contributed by atoms with Crippen LogP contribution in [0.3, 0.4) is 0 Å². The average Bonchev–Trinajstić information content (AvgIpc) is 2.63. The number of rotatable bonds is 6. The first-order valence-electron chi connectivity index (χ1n) is 4.82. The van der Waals surface area contributed by atoms with Crippen LogP contribution in [0.25, 0.3) is 0 Å². The molecule has 3 nitrogen and oxygen atoms in total. The predicted molar refractivity (Wildman–Crippen MR) is 54.0 cm³/mol. The molecule has 0 spiro atoms. The Balaban J connectivity index is 2.18. The smallest absolute Gasteiger partial charge is 0.133 e. The Labute approximate surface area is 83.5 Å². The minimum atomic E-state index is 0.0817. The van der Waals surface area contributed by atoms with E-state index < -0.39 is 0 Å². The molecule has 0 radical (unpaired) electrons. The van der Waals surface area contributed by atoms with E-state index in [9.17, 15) is 9.59 Å². The van der Waals surface area contributed by atoms with Gasteiger partial charge in [0.1, 0.15) is 11.6 Å². The number of carbonyl (C=O) groups excluding carboxylic acids is 2. The molecule has 0 bridgehead atoms. The van der Waals surface area contributed by atoms with Gasteiger partial charge in [0.15, 0.2) is 0 Å². The summed E-state index contributed by atoms with van der Waals surface area (Å²) in [4.78, 5) is 24.9. The Hall–Kier alpha value is -1.38. The van der Waals surface area contributed by atoms with Crippen molar-refractivity contribution in [2.45, 2.75) is 32.6 Å². The molecule has 14 heavy (non-hydrogen) atoms. The van der Waals surface area contributed by atoms with Gasteiger partial charge < -0.3 is 9.78 Å². The highest BCUT2D eigenvalue weighted by Gasteiger charge is 2.04. The normalized spacial score (nSPS) is 10.1. The summed E-state index contributed by atoms with van der Waals surface area (Å²) in [6, 6.07) is 3.87. The molecule has 0 aromatic carbocycles. The molecule has 1 N–H and O–H groups in total. The molecule has 0 unspecified atom stereocenters. The number of aromatic amines is 1. The second-order valence-electron chi connectivity index (χ2n) is 3.44. The van der Waals surface area contributed by atoms with Gasteiger partial charge in [-0.15, -0.1) is 0 Å². The molecule has 0 amide bonds. The number of ketones is 2. The molecule has 3 heteroatoms. The van der Waals surface area contributed by atoms with Crippen LogP contribution in [0.15, 0.2) is 18.3 Å². The fraction of sp³-hybridized carbons (Fsp3) is 0.455. The zero-order valence-corrected chi connectivity index (χ0v) is 8.38. The summed E-state index contributed by atoms with van der Waals surface area (Å²) in [5.74, 6) is 0.244. The highest BCUT2D eigenvalue weighted by molar-refractivity contribution is 5.84. The molecular formula is C11H15NO2. The molecule has 0 atom stereocenters. The van der Waals surface area contributed by atoms with Crippen LogP contribution in [-0.4, -0.2) is 16.6 Å². The molecule has 0 aliphatic carbocycles. The number of H-pyrrole nitrogens is 1. The molecular weight excluding hydrogens is 178 g/mol. The summed E-state index contributed by atoms with van der Waals surface area (Å²) in [5.41, 5.74) is 1.07. The largest absolute Gasteiger partial charge is 0.365 e. The SMILES string of the molecule is CC(=O)CCC(=O)CCc1ccc[nH]1. The first kappa shape index (κ1) is 10.7. The summed E-state index contributed by atoms with van der Waals surface area (Å²) >= 11 is 0. The molecule has 0 fully saturated rings. The van der Waals surface area contributed by atoms with Gasteiger partial charge in [-0.2, -0.15) is 0 Å². The van der Waals surface area contributed by atoms with Gasteiger partial charge in [-0.1, -0.05) is 0 Å². The zero-order valence-electron chi connectivity index (χ0n) is 8.38. The van der Waals surface area contributed by atoms with Crippen molar-refractivity contribution in [1.82, 2.24) is 4.98 Å². The molecule has 0 saturated carbocycles. The lowest BCUT2D eigenvalue weighted by atomic mass is 10.1. The maximum absolute atomic E-state index is 11.3. The lowest BCUT2D eigenvalue weighted by Crippen LogP contribution is -2.03. The van der Waals surface area contributed by atoms with Crippen LogP contribution in [0.4, 0.5) is 0 Å². The van der Waals surface area contributed by atoms with Gasteiger partial charge in [-0.25, -0.2) is 0 Å². The van der Waals surface area contributed by atoms with Crippen LogP contribution in [0, 0.1) is 0 Å². The summed E-state index contributed by atoms with van der Waals surface area (Å²) < 4.78 is 0. The van der Waals surface area contributed by atoms with E-state index in [2.05, 4.69) is 4.98 Å². The monoisotopic (exact) mass is 193 g/mol. The van der Waals surface area contributed by atoms with Crippen molar-refractivity contribution in [2.75, 3.05) is 0 Å². The first-order chi connectivity index (χ1) is 6.68. The fourth-order valence-electron chi connectivity index (χ4n) is 1.24. The minimum Gasteiger partial charge on any atom is -0.365 e. The van der Waals surface area contributed by atoms with Gasteiger partial charge >= 0.3 is 0 Å². The predicted octanol–water partition coefficient (Wildman–Crippen LogP) is 1.89. The highest BCUT2D eigenvalue weighted by atomic mass is 16.1. The molecule has 76 valence electrons. The Kier molecular flexibility index (Phi) is 4.11. The van der Waals surface area contributed by atoms with E-state index in [-0.39, 0.29) is 11.6 Å². The van der Waals surface area contributed by atoms with E-state index >= 15 is 0 Å². The Morgan fingerprint density at radius 3 is 2.64 bits per heavy atom. The lowest BCUT2D eigenvalue weighted by Gasteiger charge is -1.97. The summed E-state index contributed by atoms with van der Waals surface area (Å²) in [6.45, 7) is 1.51. The van der Waals surface area contributed by atoms with Crippen molar-refractivity contribution < 1.29 is 9.59 Å². The summed E-state index contributed by atoms with van der Waals surface area (Å²) in [5, 5.41) is 0. The summed E-state index contributed by atoms with van der Waals surface area (Å²) in [7, 11) is 0. The van der Waals surface area contributed by atoms with Crippen LogP contribution in [-0.2, 0) is 16.0 Å². The number of carbonyl (C=O) groups is 2. The van der Waals surface area contributed by atoms with E-state index in [0.717, 1.165) is 12.1 Å². The first-order valence-corrected chi connectivity index (χ1v) is 4.82. The number of nitrogens with one attached hydrogen (secondary N) is 1. The molecule has 1 rings (SSSR count). The fourth-order valence-corrected chi connectivity index (χ4v) is 1.24. The maximum atomic E-state index is 11.3. The molecule has 1 aromatic heterocycles. The number of aryl methyl sites for hydroxylation is 1. The molecule has 0 saturated heterocycles. The minimum absolute atomic E-state index is 0.0817. The van der Waals surface area contributed by atoms with E-state index in [1.54, 1.807) is 0 Å². The van der Waals surface area contributed by atoms with Crippen molar-refractivity contribution in [3.63, 3.8) is 0 Å². The third-order valence-corrected chi connectivity index (χ3v) is 2.09. The van der Waals surface area contributed by atoms with Crippen molar-refractivity contribution in [2.24, 2.45) is 0 Å². The van der Waals surface area contributed by atoms with Gasteiger partial charge in [0.05, 0.1) is 0 Å². The topological polar surface area (TPSA) is 49.9 Å². The number of Topliss-reactive ketones (excluding diaryl/α,β-unsaturated/α-hetero) is 2. The van der Waals surface area contributed by atoms with Crippen LogP contribution in [0.2, 0.25) is 0 Å². The Bertz CT molecular complexity index is 301. The van der Waals surface area contributed by atoms with E-state index in [4.69, 9.17) is 0 Å². The lowest BCUT2D eigenvalue weighted by molar-refractivity contribution is -0.123. The molecule has 1 heterocycles. The van der Waals surface area contributed by atoms with Gasteiger partial charge in [0.25, 0.3) is 0 Å². The Morgan fingerprint density at radius 2 is 2.07 bits per heavy atom. The Morgan fingerprint density at radius 1 is 1.29 bits per heavy atom. The van der Waals surface area contributed by atoms with Crippen molar-refractivity contribution in [1.29, 1.82) is 0 Å². The summed E-state index contributed by atoms with van der Waals surface area (Å²) in [6.07, 6.45) is 3.87. The number of hydrogen-bond acceptors (Lipinski definition) is 2. The van der Waals surface area contributed by atoms with Crippen molar-refractivity contribution in [3.05, 3.63) is 24.0 Å². The van der Waals surface area contributed by atoms with Gasteiger partial charge in [0, 0.05) is 31.2 Å². The second kappa shape index (κ2) is 5.37. The van der Waals surface area contributed by atoms with Crippen molar-refractivity contribution in [3.8, 4) is 0 Å². The van der Waals surface area contributed by atoms with Crippen LogP contribution in [0.1, 0.15) is 31.9 Å². The molecule has 1 aromatic rings. The maximum Gasteiger partial charge on any atom is 0.133 e.